The summed E-state index contributed by atoms with van der Waals surface area (Å²) in [6.07, 6.45) is 0.179. The van der Waals surface area contributed by atoms with Crippen LogP contribution < -0.4 is 15.0 Å². The number of nitrogens with zero attached hydrogens (tertiary/aromatic N) is 1. The molecule has 0 aromatic heterocycles. The zero-order chi connectivity index (χ0) is 18.7. The van der Waals surface area contributed by atoms with E-state index in [4.69, 9.17) is 16.3 Å². The van der Waals surface area contributed by atoms with E-state index in [2.05, 4.69) is 5.32 Å². The third-order valence-corrected chi connectivity index (χ3v) is 4.63. The van der Waals surface area contributed by atoms with Crippen molar-refractivity contribution in [2.75, 3.05) is 23.4 Å². The van der Waals surface area contributed by atoms with Gasteiger partial charge in [-0.1, -0.05) is 23.7 Å². The van der Waals surface area contributed by atoms with E-state index in [0.717, 1.165) is 5.56 Å². The lowest BCUT2D eigenvalue weighted by Gasteiger charge is -2.20. The first kappa shape index (κ1) is 18.3. The fraction of sp³-hybridized carbons (Fsp3) is 0.300. The highest BCUT2D eigenvalue weighted by molar-refractivity contribution is 6.30. The van der Waals surface area contributed by atoms with Crippen molar-refractivity contribution in [3.05, 3.63) is 53.1 Å². The average Bonchev–Trinajstić information content (AvgIpc) is 3.00. The van der Waals surface area contributed by atoms with E-state index >= 15 is 0 Å². The molecule has 2 aromatic rings. The number of hydrogen-bond donors (Lipinski definition) is 1. The second-order valence-corrected chi connectivity index (χ2v) is 6.69. The molecule has 0 aliphatic carbocycles. The molecule has 2 amide bonds. The summed E-state index contributed by atoms with van der Waals surface area (Å²) in [5.41, 5.74) is 2.30. The van der Waals surface area contributed by atoms with E-state index in [0.29, 0.717) is 35.3 Å². The Hall–Kier alpha value is -2.53. The molecule has 26 heavy (non-hydrogen) atoms. The summed E-state index contributed by atoms with van der Waals surface area (Å²) >= 11 is 5.95. The second kappa shape index (κ2) is 7.79. The van der Waals surface area contributed by atoms with Gasteiger partial charge in [0.25, 0.3) is 0 Å². The zero-order valence-electron chi connectivity index (χ0n) is 14.8. The normalized spacial score (nSPS) is 16.7. The Bertz CT molecular complexity index is 838. The minimum Gasteiger partial charge on any atom is -0.492 e. The maximum Gasteiger partial charge on any atom is 0.229 e. The highest BCUT2D eigenvalue weighted by Crippen LogP contribution is 2.33. The van der Waals surface area contributed by atoms with Gasteiger partial charge >= 0.3 is 0 Å². The van der Waals surface area contributed by atoms with Gasteiger partial charge in [-0.05, 0) is 49.7 Å². The predicted molar refractivity (Wildman–Crippen MR) is 103 cm³/mol. The number of carbonyl (C=O) groups is 2. The number of halogens is 1. The Morgan fingerprint density at radius 3 is 2.81 bits per heavy atom. The first-order chi connectivity index (χ1) is 12.5. The van der Waals surface area contributed by atoms with Crippen molar-refractivity contribution in [2.45, 2.75) is 20.3 Å². The summed E-state index contributed by atoms with van der Waals surface area (Å²) in [5.74, 6) is -0.00416. The highest BCUT2D eigenvalue weighted by atomic mass is 35.5. The monoisotopic (exact) mass is 372 g/mol. The van der Waals surface area contributed by atoms with Crippen molar-refractivity contribution in [2.24, 2.45) is 5.92 Å². The van der Waals surface area contributed by atoms with Crippen LogP contribution in [0.15, 0.2) is 42.5 Å². The van der Waals surface area contributed by atoms with Gasteiger partial charge in [-0.3, -0.25) is 9.59 Å². The average molecular weight is 373 g/mol. The molecule has 0 spiro atoms. The molecule has 6 heteroatoms. The number of para-hydroxylation sites is 2. The molecule has 1 N–H and O–H groups in total. The van der Waals surface area contributed by atoms with Crippen molar-refractivity contribution in [1.82, 2.24) is 0 Å². The summed E-state index contributed by atoms with van der Waals surface area (Å²) < 4.78 is 5.61. The van der Waals surface area contributed by atoms with E-state index in [9.17, 15) is 9.59 Å². The van der Waals surface area contributed by atoms with E-state index < -0.39 is 5.92 Å². The molecule has 1 heterocycles. The van der Waals surface area contributed by atoms with E-state index in [-0.39, 0.29) is 18.2 Å². The Balaban J connectivity index is 1.74. The van der Waals surface area contributed by atoms with Crippen LogP contribution in [0.25, 0.3) is 0 Å². The third-order valence-electron chi connectivity index (χ3n) is 4.40. The molecule has 2 aromatic carbocycles. The van der Waals surface area contributed by atoms with Gasteiger partial charge in [-0.2, -0.15) is 0 Å². The highest BCUT2D eigenvalue weighted by Gasteiger charge is 2.36. The van der Waals surface area contributed by atoms with E-state index in [1.54, 1.807) is 23.1 Å². The van der Waals surface area contributed by atoms with E-state index in [1.165, 1.54) is 0 Å². The van der Waals surface area contributed by atoms with Gasteiger partial charge in [0.15, 0.2) is 0 Å². The molecule has 0 saturated carbocycles. The third kappa shape index (κ3) is 3.83. The fourth-order valence-corrected chi connectivity index (χ4v) is 3.30. The molecule has 136 valence electrons. The summed E-state index contributed by atoms with van der Waals surface area (Å²) in [5, 5.41) is 3.52. The van der Waals surface area contributed by atoms with E-state index in [1.807, 2.05) is 38.1 Å². The fourth-order valence-electron chi connectivity index (χ4n) is 3.08. The predicted octanol–water partition coefficient (Wildman–Crippen LogP) is 4.04. The SMILES string of the molecule is CCOc1ccccc1N1C[C@@H](C(=O)Nc2ccc(Cl)cc2C)CC1=O. The lowest BCUT2D eigenvalue weighted by atomic mass is 10.1. The molecule has 0 radical (unpaired) electrons. The van der Waals surface area contributed by atoms with Gasteiger partial charge in [-0.15, -0.1) is 0 Å². The summed E-state index contributed by atoms with van der Waals surface area (Å²) in [4.78, 5) is 26.7. The number of amides is 2. The number of benzene rings is 2. The maximum atomic E-state index is 12.6. The molecule has 1 saturated heterocycles. The quantitative estimate of drug-likeness (QED) is 0.861. The first-order valence-electron chi connectivity index (χ1n) is 8.58. The van der Waals surface area contributed by atoms with Crippen molar-refractivity contribution >= 4 is 34.8 Å². The number of ether oxygens (including phenoxy) is 1. The van der Waals surface area contributed by atoms with Gasteiger partial charge in [0, 0.05) is 23.7 Å². The van der Waals surface area contributed by atoms with Gasteiger partial charge in [0.05, 0.1) is 18.2 Å². The Labute approximate surface area is 157 Å². The number of carbonyl (C=O) groups excluding carboxylic acids is 2. The van der Waals surface area contributed by atoms with Crippen LogP contribution in [-0.4, -0.2) is 25.0 Å². The molecule has 1 aliphatic rings. The van der Waals surface area contributed by atoms with Crippen LogP contribution in [0.3, 0.4) is 0 Å². The number of rotatable bonds is 5. The summed E-state index contributed by atoms with van der Waals surface area (Å²) in [6, 6.07) is 12.7. The molecule has 3 rings (SSSR count). The lowest BCUT2D eigenvalue weighted by Crippen LogP contribution is -2.28. The first-order valence-corrected chi connectivity index (χ1v) is 8.96. The molecular weight excluding hydrogens is 352 g/mol. The number of nitrogens with one attached hydrogen (secondary N) is 1. The van der Waals surface area contributed by atoms with Crippen LogP contribution in [-0.2, 0) is 9.59 Å². The molecule has 0 bridgehead atoms. The minimum atomic E-state index is -0.410. The van der Waals surface area contributed by atoms with Crippen molar-refractivity contribution in [3.8, 4) is 5.75 Å². The minimum absolute atomic E-state index is 0.0786. The van der Waals surface area contributed by atoms with Crippen LogP contribution in [0.5, 0.6) is 5.75 Å². The van der Waals surface area contributed by atoms with Gasteiger partial charge in [0.1, 0.15) is 5.75 Å². The largest absolute Gasteiger partial charge is 0.492 e. The van der Waals surface area contributed by atoms with Crippen LogP contribution in [0.4, 0.5) is 11.4 Å². The zero-order valence-corrected chi connectivity index (χ0v) is 15.5. The van der Waals surface area contributed by atoms with Crippen molar-refractivity contribution in [3.63, 3.8) is 0 Å². The van der Waals surface area contributed by atoms with Gasteiger partial charge in [0.2, 0.25) is 11.8 Å². The van der Waals surface area contributed by atoms with Crippen molar-refractivity contribution < 1.29 is 14.3 Å². The lowest BCUT2D eigenvalue weighted by molar-refractivity contribution is -0.122. The summed E-state index contributed by atoms with van der Waals surface area (Å²) in [7, 11) is 0. The molecule has 0 unspecified atom stereocenters. The topological polar surface area (TPSA) is 58.6 Å². The number of aryl methyl sites for hydroxylation is 1. The maximum absolute atomic E-state index is 12.6. The number of hydrogen-bond acceptors (Lipinski definition) is 3. The Kier molecular flexibility index (Phi) is 5.47. The van der Waals surface area contributed by atoms with Crippen LogP contribution in [0, 0.1) is 12.8 Å². The van der Waals surface area contributed by atoms with Crippen LogP contribution >= 0.6 is 11.6 Å². The van der Waals surface area contributed by atoms with Gasteiger partial charge in [-0.25, -0.2) is 0 Å². The van der Waals surface area contributed by atoms with Crippen molar-refractivity contribution in [1.29, 1.82) is 0 Å². The van der Waals surface area contributed by atoms with Crippen LogP contribution in [0.2, 0.25) is 5.02 Å². The Morgan fingerprint density at radius 2 is 2.08 bits per heavy atom. The summed E-state index contributed by atoms with van der Waals surface area (Å²) in [6.45, 7) is 4.62. The molecule has 1 atom stereocenters. The molecular formula is C20H21ClN2O3. The van der Waals surface area contributed by atoms with Crippen LogP contribution in [0.1, 0.15) is 18.9 Å². The van der Waals surface area contributed by atoms with Gasteiger partial charge < -0.3 is 15.0 Å². The molecule has 1 aliphatic heterocycles. The second-order valence-electron chi connectivity index (χ2n) is 6.25. The Morgan fingerprint density at radius 1 is 1.31 bits per heavy atom. The standard InChI is InChI=1S/C20H21ClN2O3/c1-3-26-18-7-5-4-6-17(18)23-12-14(11-19(23)24)20(25)22-16-9-8-15(21)10-13(16)2/h4-10,14H,3,11-12H2,1-2H3,(H,22,25)/t14-/m0/s1. The molecule has 5 nitrogen and oxygen atoms in total. The smallest absolute Gasteiger partial charge is 0.229 e. The molecule has 1 fully saturated rings. The number of anilines is 2.